The van der Waals surface area contributed by atoms with E-state index in [1.165, 1.54) is 4.31 Å². The minimum atomic E-state index is -3.50. The Morgan fingerprint density at radius 1 is 1.40 bits per heavy atom. The van der Waals surface area contributed by atoms with E-state index in [4.69, 9.17) is 4.74 Å². The van der Waals surface area contributed by atoms with Crippen molar-refractivity contribution < 1.29 is 17.9 Å². The maximum Gasteiger partial charge on any atom is 0.263 e. The topological polar surface area (TPSA) is 75.7 Å². The summed E-state index contributed by atoms with van der Waals surface area (Å²) in [6.07, 6.45) is 0.281. The number of thioether (sulfide) groups is 1. The third-order valence-corrected chi connectivity index (χ3v) is 6.03. The van der Waals surface area contributed by atoms with Gasteiger partial charge in [-0.2, -0.15) is 11.8 Å². The Balaban J connectivity index is 2.08. The lowest BCUT2D eigenvalue weighted by atomic mass is 10.1. The van der Waals surface area contributed by atoms with Gasteiger partial charge in [-0.25, -0.2) is 8.42 Å². The highest BCUT2D eigenvalue weighted by atomic mass is 32.2. The number of nitrogens with one attached hydrogen (secondary N) is 1. The van der Waals surface area contributed by atoms with Gasteiger partial charge < -0.3 is 10.1 Å². The summed E-state index contributed by atoms with van der Waals surface area (Å²) >= 11 is 1.76. The Kier molecular flexibility index (Phi) is 5.93. The molecule has 0 bridgehead atoms. The number of rotatable bonds is 5. The average Bonchev–Trinajstić information content (AvgIpc) is 2.48. The highest BCUT2D eigenvalue weighted by Crippen LogP contribution is 2.35. The van der Waals surface area contributed by atoms with Gasteiger partial charge in [0, 0.05) is 17.0 Å². The van der Waals surface area contributed by atoms with Crippen LogP contribution < -0.4 is 14.4 Å². The van der Waals surface area contributed by atoms with Gasteiger partial charge in [0.05, 0.1) is 18.5 Å². The van der Waals surface area contributed by atoms with Crippen molar-refractivity contribution >= 4 is 33.4 Å². The smallest absolute Gasteiger partial charge is 0.263 e. The molecule has 25 heavy (non-hydrogen) atoms. The molecule has 8 heteroatoms. The number of carbonyl (C=O) groups is 1. The molecule has 140 valence electrons. The number of sulfonamides is 1. The van der Waals surface area contributed by atoms with E-state index in [9.17, 15) is 13.2 Å². The zero-order chi connectivity index (χ0) is 18.8. The van der Waals surface area contributed by atoms with Crippen LogP contribution in [0, 0.1) is 6.92 Å². The lowest BCUT2D eigenvalue weighted by Crippen LogP contribution is -2.50. The second-order valence-electron chi connectivity index (χ2n) is 7.12. The minimum Gasteiger partial charge on any atom is -0.476 e. The second kappa shape index (κ2) is 7.45. The molecule has 1 heterocycles. The third-order valence-electron chi connectivity index (χ3n) is 3.61. The molecule has 1 aromatic carbocycles. The number of fused-ring (bicyclic) bond motifs is 1. The van der Waals surface area contributed by atoms with Crippen LogP contribution in [0.5, 0.6) is 5.75 Å². The molecule has 1 aliphatic rings. The summed E-state index contributed by atoms with van der Waals surface area (Å²) in [6.45, 7) is 8.73. The van der Waals surface area contributed by atoms with E-state index in [0.717, 1.165) is 17.6 Å². The van der Waals surface area contributed by atoms with E-state index in [0.29, 0.717) is 18.0 Å². The SMILES string of the molecule is Cc1ccc2c(c1)N(S(C)(=O)=O)CC(C(=O)NCCSC(C)(C)C)O2. The van der Waals surface area contributed by atoms with Crippen LogP contribution in [0.15, 0.2) is 18.2 Å². The van der Waals surface area contributed by atoms with Crippen molar-refractivity contribution in [1.29, 1.82) is 0 Å². The normalized spacial score (nSPS) is 17.6. The van der Waals surface area contributed by atoms with E-state index >= 15 is 0 Å². The van der Waals surface area contributed by atoms with Gasteiger partial charge in [-0.05, 0) is 24.6 Å². The predicted octanol–water partition coefficient (Wildman–Crippen LogP) is 2.17. The number of hydrogen-bond acceptors (Lipinski definition) is 5. The molecule has 0 saturated carbocycles. The molecule has 0 spiro atoms. The molecular weight excluding hydrogens is 360 g/mol. The standard InChI is InChI=1S/C17H26N2O4S2/c1-12-6-7-14-13(10-12)19(25(5,21)22)11-15(23-14)16(20)18-8-9-24-17(2,3)4/h6-7,10,15H,8-9,11H2,1-5H3,(H,18,20). The average molecular weight is 387 g/mol. The Labute approximate surface area is 154 Å². The molecule has 0 radical (unpaired) electrons. The first-order chi connectivity index (χ1) is 11.5. The van der Waals surface area contributed by atoms with E-state index < -0.39 is 16.1 Å². The molecule has 1 atom stereocenters. The van der Waals surface area contributed by atoms with Crippen molar-refractivity contribution in [2.45, 2.75) is 38.5 Å². The van der Waals surface area contributed by atoms with Gasteiger partial charge in [-0.15, -0.1) is 0 Å². The summed E-state index contributed by atoms with van der Waals surface area (Å²) in [5.74, 6) is 0.897. The molecule has 2 rings (SSSR count). The van der Waals surface area contributed by atoms with Gasteiger partial charge in [0.1, 0.15) is 5.75 Å². The van der Waals surface area contributed by atoms with Crippen molar-refractivity contribution in [3.8, 4) is 5.75 Å². The van der Waals surface area contributed by atoms with Gasteiger partial charge >= 0.3 is 0 Å². The van der Waals surface area contributed by atoms with Gasteiger partial charge in [-0.1, -0.05) is 26.8 Å². The monoisotopic (exact) mass is 386 g/mol. The molecule has 0 fully saturated rings. The van der Waals surface area contributed by atoms with Crippen molar-refractivity contribution in [2.24, 2.45) is 0 Å². The summed E-state index contributed by atoms with van der Waals surface area (Å²) in [7, 11) is -3.50. The number of benzene rings is 1. The molecule has 1 amide bonds. The highest BCUT2D eigenvalue weighted by Gasteiger charge is 2.34. The molecule has 0 aromatic heterocycles. The van der Waals surface area contributed by atoms with Crippen LogP contribution in [0.2, 0.25) is 0 Å². The van der Waals surface area contributed by atoms with Gasteiger partial charge in [0.15, 0.2) is 6.10 Å². The summed E-state index contributed by atoms with van der Waals surface area (Å²) < 4.78 is 31.4. The number of nitrogens with zero attached hydrogens (tertiary/aromatic N) is 1. The molecule has 1 unspecified atom stereocenters. The van der Waals surface area contributed by atoms with E-state index in [-0.39, 0.29) is 17.2 Å². The Morgan fingerprint density at radius 2 is 2.08 bits per heavy atom. The predicted molar refractivity (Wildman–Crippen MR) is 103 cm³/mol. The minimum absolute atomic E-state index is 0.0203. The van der Waals surface area contributed by atoms with Crippen molar-refractivity contribution in [1.82, 2.24) is 5.32 Å². The fourth-order valence-corrected chi connectivity index (χ4v) is 4.18. The van der Waals surface area contributed by atoms with E-state index in [1.54, 1.807) is 23.9 Å². The molecule has 0 saturated heterocycles. The van der Waals surface area contributed by atoms with Crippen molar-refractivity contribution in [3.63, 3.8) is 0 Å². The molecule has 1 aliphatic heterocycles. The lowest BCUT2D eigenvalue weighted by Gasteiger charge is -2.34. The lowest BCUT2D eigenvalue weighted by molar-refractivity contribution is -0.127. The maximum atomic E-state index is 12.4. The number of anilines is 1. The largest absolute Gasteiger partial charge is 0.476 e. The van der Waals surface area contributed by atoms with Gasteiger partial charge in [0.25, 0.3) is 5.91 Å². The first-order valence-corrected chi connectivity index (χ1v) is 11.0. The highest BCUT2D eigenvalue weighted by molar-refractivity contribution is 8.00. The Bertz CT molecular complexity index is 742. The fraction of sp³-hybridized carbons (Fsp3) is 0.588. The zero-order valence-corrected chi connectivity index (χ0v) is 17.0. The van der Waals surface area contributed by atoms with Crippen molar-refractivity contribution in [2.75, 3.05) is 29.4 Å². The molecule has 1 N–H and O–H groups in total. The van der Waals surface area contributed by atoms with Gasteiger partial charge in [0.2, 0.25) is 10.0 Å². The van der Waals surface area contributed by atoms with Crippen LogP contribution >= 0.6 is 11.8 Å². The van der Waals surface area contributed by atoms with E-state index in [2.05, 4.69) is 26.1 Å². The third kappa shape index (κ3) is 5.54. The first-order valence-electron chi connectivity index (χ1n) is 8.14. The Hall–Kier alpha value is -1.41. The zero-order valence-electron chi connectivity index (χ0n) is 15.3. The van der Waals surface area contributed by atoms with E-state index in [1.807, 2.05) is 13.0 Å². The molecule has 1 aromatic rings. The quantitative estimate of drug-likeness (QED) is 0.785. The van der Waals surface area contributed by atoms with Crippen LogP contribution in [0.3, 0.4) is 0 Å². The molecular formula is C17H26N2O4S2. The summed E-state index contributed by atoms with van der Waals surface area (Å²) in [4.78, 5) is 12.4. The number of amides is 1. The summed E-state index contributed by atoms with van der Waals surface area (Å²) in [5, 5.41) is 2.83. The molecule has 6 nitrogen and oxygen atoms in total. The van der Waals surface area contributed by atoms with Crippen molar-refractivity contribution in [3.05, 3.63) is 23.8 Å². The Morgan fingerprint density at radius 3 is 2.68 bits per heavy atom. The number of hydrogen-bond donors (Lipinski definition) is 1. The number of carbonyl (C=O) groups excluding carboxylic acids is 1. The summed E-state index contributed by atoms with van der Waals surface area (Å²) in [6, 6.07) is 5.29. The maximum absolute atomic E-state index is 12.4. The number of ether oxygens (including phenoxy) is 1. The first kappa shape index (κ1) is 19.9. The van der Waals surface area contributed by atoms with Crippen LogP contribution in [-0.2, 0) is 14.8 Å². The van der Waals surface area contributed by atoms with Gasteiger partial charge in [-0.3, -0.25) is 9.10 Å². The van der Waals surface area contributed by atoms with Crippen LogP contribution in [-0.4, -0.2) is 50.3 Å². The number of aryl methyl sites for hydroxylation is 1. The molecule has 0 aliphatic carbocycles. The van der Waals surface area contributed by atoms with Crippen LogP contribution in [0.4, 0.5) is 5.69 Å². The fourth-order valence-electron chi connectivity index (χ4n) is 2.46. The summed E-state index contributed by atoms with van der Waals surface area (Å²) in [5.41, 5.74) is 1.41. The second-order valence-corrected chi connectivity index (χ2v) is 11.0. The van der Waals surface area contributed by atoms with Crippen LogP contribution in [0.1, 0.15) is 26.3 Å². The van der Waals surface area contributed by atoms with Crippen LogP contribution in [0.25, 0.3) is 0 Å².